The van der Waals surface area contributed by atoms with Gasteiger partial charge in [-0.2, -0.15) is 0 Å². The summed E-state index contributed by atoms with van der Waals surface area (Å²) in [6, 6.07) is 0. The molecule has 61 valence electrons. The summed E-state index contributed by atoms with van der Waals surface area (Å²) in [6.07, 6.45) is 2.49. The first-order valence-corrected chi connectivity index (χ1v) is 6.98. The number of rotatable bonds is 4. The van der Waals surface area contributed by atoms with Crippen molar-refractivity contribution in [1.29, 1.82) is 0 Å². The molecule has 0 aromatic rings. The Balaban J connectivity index is 0. The zero-order valence-electron chi connectivity index (χ0n) is 5.49. The Hall–Kier alpha value is 1.71. The van der Waals surface area contributed by atoms with Crippen LogP contribution in [0.15, 0.2) is 0 Å². The molecule has 0 aliphatic rings. The number of aliphatic hydroxyl groups is 1. The summed E-state index contributed by atoms with van der Waals surface area (Å²) in [5, 5.41) is 8.50. The number of halogens is 3. The van der Waals surface area contributed by atoms with Gasteiger partial charge in [0.1, 0.15) is 5.56 Å². The summed E-state index contributed by atoms with van der Waals surface area (Å²) in [4.78, 5) is 0. The van der Waals surface area contributed by atoms with E-state index in [-0.39, 0.29) is 0 Å². The number of hydrogen-bond acceptors (Lipinski definition) is 1. The SMILES string of the molecule is OC(Cl)CCCCCl.[Cl][Zr]. The van der Waals surface area contributed by atoms with Crippen molar-refractivity contribution in [3.8, 4) is 0 Å². The quantitative estimate of drug-likeness (QED) is 0.621. The molecule has 0 saturated heterocycles. The molecule has 0 amide bonds. The maximum absolute atomic E-state index is 8.50. The molecule has 10 heavy (non-hydrogen) atoms. The van der Waals surface area contributed by atoms with Crippen molar-refractivity contribution in [2.45, 2.75) is 24.8 Å². The summed E-state index contributed by atoms with van der Waals surface area (Å²) in [5.74, 6) is 0.656. The fourth-order valence-corrected chi connectivity index (χ4v) is 0.751. The molecule has 1 unspecified atom stereocenters. The molecule has 0 aromatic heterocycles. The van der Waals surface area contributed by atoms with Gasteiger partial charge in [-0.15, -0.1) is 11.6 Å². The van der Waals surface area contributed by atoms with Crippen molar-refractivity contribution in [2.24, 2.45) is 0 Å². The molecule has 1 atom stereocenters. The third-order valence-corrected chi connectivity index (χ3v) is 1.31. The summed E-state index contributed by atoms with van der Waals surface area (Å²) < 4.78 is 0. The monoisotopic (exact) mass is 281 g/mol. The first kappa shape index (κ1) is 14.2. The van der Waals surface area contributed by atoms with Crippen molar-refractivity contribution in [3.05, 3.63) is 0 Å². The molecule has 0 aliphatic heterocycles. The van der Waals surface area contributed by atoms with Gasteiger partial charge in [0.15, 0.2) is 0 Å². The third-order valence-electron chi connectivity index (χ3n) is 0.826. The van der Waals surface area contributed by atoms with E-state index in [1.54, 1.807) is 0 Å². The average molecular weight is 284 g/mol. The Morgan fingerprint density at radius 1 is 1.30 bits per heavy atom. The fourth-order valence-electron chi connectivity index (χ4n) is 0.407. The van der Waals surface area contributed by atoms with Gasteiger partial charge in [0, 0.05) is 5.88 Å². The normalized spacial score (nSPS) is 11.5. The van der Waals surface area contributed by atoms with Gasteiger partial charge in [-0.3, -0.25) is 0 Å². The molecule has 0 bridgehead atoms. The fraction of sp³-hybridized carbons (Fsp3) is 1.00. The third kappa shape index (κ3) is 16.4. The number of alkyl halides is 2. The van der Waals surface area contributed by atoms with Gasteiger partial charge in [0.25, 0.3) is 0 Å². The van der Waals surface area contributed by atoms with Gasteiger partial charge in [0.05, 0.1) is 0 Å². The molecule has 0 aromatic carbocycles. The van der Waals surface area contributed by atoms with Gasteiger partial charge < -0.3 is 5.11 Å². The first-order valence-electron chi connectivity index (χ1n) is 2.84. The molecule has 0 radical (unpaired) electrons. The van der Waals surface area contributed by atoms with Gasteiger partial charge >= 0.3 is 32.0 Å². The van der Waals surface area contributed by atoms with Crippen LogP contribution in [0.2, 0.25) is 0 Å². The predicted octanol–water partition coefficient (Wildman–Crippen LogP) is 2.64. The Morgan fingerprint density at radius 3 is 2.10 bits per heavy atom. The standard InChI is InChI=1S/C5H10Cl2O.ClH.Zr/c6-4-2-1-3-5(7)8;;/h5,8H,1-4H2;1H;/q;;+1/p-1. The molecule has 1 N–H and O–H groups in total. The summed E-state index contributed by atoms with van der Waals surface area (Å²) in [6.45, 7) is 0. The van der Waals surface area contributed by atoms with Crippen LogP contribution in [0.1, 0.15) is 19.3 Å². The summed E-state index contributed by atoms with van der Waals surface area (Å²) in [7, 11) is 4.73. The number of hydrogen-bond donors (Lipinski definition) is 1. The van der Waals surface area contributed by atoms with E-state index in [1.165, 1.54) is 0 Å². The maximum atomic E-state index is 8.50. The van der Waals surface area contributed by atoms with Crippen LogP contribution in [0.5, 0.6) is 0 Å². The molecule has 0 aliphatic carbocycles. The minimum absolute atomic E-state index is 0.647. The second kappa shape index (κ2) is 13.3. The Kier molecular flexibility index (Phi) is 19.0. The number of aliphatic hydroxyl groups excluding tert-OH is 1. The van der Waals surface area contributed by atoms with Gasteiger partial charge in [-0.1, -0.05) is 11.6 Å². The average Bonchev–Trinajstić information content (AvgIpc) is 1.92. The molecule has 0 saturated carbocycles. The van der Waals surface area contributed by atoms with Crippen LogP contribution in [-0.4, -0.2) is 16.5 Å². The number of unbranched alkanes of at least 4 members (excludes halogenated alkanes) is 1. The van der Waals surface area contributed by atoms with Crippen molar-refractivity contribution in [3.63, 3.8) is 0 Å². The van der Waals surface area contributed by atoms with Crippen LogP contribution in [-0.2, 0) is 23.5 Å². The van der Waals surface area contributed by atoms with Crippen molar-refractivity contribution < 1.29 is 28.6 Å². The topological polar surface area (TPSA) is 20.2 Å². The van der Waals surface area contributed by atoms with Crippen molar-refractivity contribution in [2.75, 3.05) is 5.88 Å². The van der Waals surface area contributed by atoms with Gasteiger partial charge in [-0.25, -0.2) is 0 Å². The van der Waals surface area contributed by atoms with E-state index in [0.29, 0.717) is 12.3 Å². The molecule has 0 fully saturated rings. The molecule has 5 heteroatoms. The first-order chi connectivity index (χ1) is 4.77. The molecule has 0 rings (SSSR count). The Morgan fingerprint density at radius 2 is 1.80 bits per heavy atom. The van der Waals surface area contributed by atoms with Crippen molar-refractivity contribution in [1.82, 2.24) is 0 Å². The summed E-state index contributed by atoms with van der Waals surface area (Å²) >= 11 is 11.6. The van der Waals surface area contributed by atoms with Gasteiger partial charge in [-0.05, 0) is 19.3 Å². The van der Waals surface area contributed by atoms with Crippen LogP contribution in [0.3, 0.4) is 0 Å². The Bertz CT molecular complexity index is 54.2. The predicted molar refractivity (Wildman–Crippen MR) is 42.3 cm³/mol. The minimum atomic E-state index is -0.682. The van der Waals surface area contributed by atoms with E-state index < -0.39 is 5.56 Å². The van der Waals surface area contributed by atoms with Crippen molar-refractivity contribution >= 4 is 31.7 Å². The zero-order chi connectivity index (χ0) is 8.41. The van der Waals surface area contributed by atoms with Crippen LogP contribution < -0.4 is 0 Å². The van der Waals surface area contributed by atoms with Crippen LogP contribution >= 0.6 is 31.7 Å². The molecule has 1 nitrogen and oxygen atoms in total. The van der Waals surface area contributed by atoms with E-state index in [9.17, 15) is 0 Å². The molecular formula is C5H10Cl3OZr. The second-order valence-electron chi connectivity index (χ2n) is 1.62. The van der Waals surface area contributed by atoms with E-state index in [1.807, 2.05) is 0 Å². The summed E-state index contributed by atoms with van der Waals surface area (Å²) in [5.41, 5.74) is -0.682. The van der Waals surface area contributed by atoms with E-state index in [4.69, 9.17) is 36.8 Å². The van der Waals surface area contributed by atoms with E-state index >= 15 is 0 Å². The van der Waals surface area contributed by atoms with Crippen LogP contribution in [0.25, 0.3) is 0 Å². The zero-order valence-corrected chi connectivity index (χ0v) is 10.2. The molecule has 0 heterocycles. The van der Waals surface area contributed by atoms with Gasteiger partial charge in [0.2, 0.25) is 0 Å². The molecule has 0 spiro atoms. The van der Waals surface area contributed by atoms with E-state index in [0.717, 1.165) is 36.4 Å². The second-order valence-corrected chi connectivity index (χ2v) is 2.50. The molecular weight excluding hydrogens is 274 g/mol. The van der Waals surface area contributed by atoms with E-state index in [2.05, 4.69) is 0 Å². The van der Waals surface area contributed by atoms with Crippen LogP contribution in [0, 0.1) is 0 Å². The van der Waals surface area contributed by atoms with Crippen LogP contribution in [0.4, 0.5) is 0 Å². The Labute approximate surface area is 90.4 Å².